The van der Waals surface area contributed by atoms with Crippen molar-refractivity contribution in [2.75, 3.05) is 24.4 Å². The Bertz CT molecular complexity index is 991. The molecule has 0 atom stereocenters. The van der Waals surface area contributed by atoms with Crippen LogP contribution in [-0.2, 0) is 4.79 Å². The molecule has 0 radical (unpaired) electrons. The maximum Gasteiger partial charge on any atom is 0.262 e. The average Bonchev–Trinajstić information content (AvgIpc) is 2.74. The zero-order chi connectivity index (χ0) is 20.6. The van der Waals surface area contributed by atoms with Crippen molar-refractivity contribution in [3.8, 4) is 11.5 Å². The lowest BCUT2D eigenvalue weighted by atomic mass is 10.2. The summed E-state index contributed by atoms with van der Waals surface area (Å²) in [6, 6.07) is 20.7. The van der Waals surface area contributed by atoms with Crippen LogP contribution < -0.4 is 20.1 Å². The SMILES string of the molecule is COc1ccc(NC(=O)COc2ccc(NC(=O)c3ccccc3)cc2)cc1Cl. The summed E-state index contributed by atoms with van der Waals surface area (Å²) in [5, 5.41) is 5.90. The summed E-state index contributed by atoms with van der Waals surface area (Å²) in [5.74, 6) is 0.510. The van der Waals surface area contributed by atoms with E-state index < -0.39 is 0 Å². The molecule has 3 aromatic rings. The van der Waals surface area contributed by atoms with Gasteiger partial charge in [-0.05, 0) is 54.6 Å². The van der Waals surface area contributed by atoms with Gasteiger partial charge in [-0.2, -0.15) is 0 Å². The van der Waals surface area contributed by atoms with Gasteiger partial charge in [0.1, 0.15) is 11.5 Å². The Morgan fingerprint density at radius 2 is 1.59 bits per heavy atom. The van der Waals surface area contributed by atoms with E-state index in [0.717, 1.165) is 0 Å². The third kappa shape index (κ3) is 5.73. The van der Waals surface area contributed by atoms with Crippen LogP contribution in [0.15, 0.2) is 72.8 Å². The first-order valence-corrected chi connectivity index (χ1v) is 9.15. The van der Waals surface area contributed by atoms with E-state index in [0.29, 0.717) is 33.5 Å². The third-order valence-corrected chi connectivity index (χ3v) is 4.25. The van der Waals surface area contributed by atoms with Crippen LogP contribution in [0.1, 0.15) is 10.4 Å². The van der Waals surface area contributed by atoms with Crippen LogP contribution in [0, 0.1) is 0 Å². The number of carbonyl (C=O) groups is 2. The van der Waals surface area contributed by atoms with E-state index in [4.69, 9.17) is 21.1 Å². The highest BCUT2D eigenvalue weighted by molar-refractivity contribution is 6.32. The topological polar surface area (TPSA) is 76.7 Å². The summed E-state index contributed by atoms with van der Waals surface area (Å²) in [5.41, 5.74) is 1.75. The van der Waals surface area contributed by atoms with Crippen LogP contribution in [0.25, 0.3) is 0 Å². The first-order valence-electron chi connectivity index (χ1n) is 8.78. The van der Waals surface area contributed by atoms with E-state index in [9.17, 15) is 9.59 Å². The minimum Gasteiger partial charge on any atom is -0.495 e. The molecular weight excluding hydrogens is 392 g/mol. The Balaban J connectivity index is 1.50. The Kier molecular flexibility index (Phi) is 6.71. The van der Waals surface area contributed by atoms with Crippen LogP contribution in [0.4, 0.5) is 11.4 Å². The number of hydrogen-bond acceptors (Lipinski definition) is 4. The first-order chi connectivity index (χ1) is 14.0. The van der Waals surface area contributed by atoms with Crippen LogP contribution >= 0.6 is 11.6 Å². The molecule has 2 N–H and O–H groups in total. The van der Waals surface area contributed by atoms with E-state index in [1.165, 1.54) is 7.11 Å². The molecule has 29 heavy (non-hydrogen) atoms. The van der Waals surface area contributed by atoms with Gasteiger partial charge in [0.15, 0.2) is 6.61 Å². The maximum atomic E-state index is 12.1. The lowest BCUT2D eigenvalue weighted by Gasteiger charge is -2.10. The number of methoxy groups -OCH3 is 1. The third-order valence-electron chi connectivity index (χ3n) is 3.95. The van der Waals surface area contributed by atoms with Crippen molar-refractivity contribution in [3.63, 3.8) is 0 Å². The molecule has 2 amide bonds. The number of nitrogens with one attached hydrogen (secondary N) is 2. The first kappa shape index (κ1) is 20.2. The highest BCUT2D eigenvalue weighted by Crippen LogP contribution is 2.27. The van der Waals surface area contributed by atoms with Gasteiger partial charge in [-0.15, -0.1) is 0 Å². The molecule has 3 aromatic carbocycles. The number of carbonyl (C=O) groups excluding carboxylic acids is 2. The van der Waals surface area contributed by atoms with Crippen LogP contribution in [0.3, 0.4) is 0 Å². The fraction of sp³-hybridized carbons (Fsp3) is 0.0909. The summed E-state index contributed by atoms with van der Waals surface area (Å²) in [6.07, 6.45) is 0. The molecule has 0 fully saturated rings. The fourth-order valence-electron chi connectivity index (χ4n) is 2.52. The molecule has 6 nitrogen and oxygen atoms in total. The van der Waals surface area contributed by atoms with Gasteiger partial charge in [-0.25, -0.2) is 0 Å². The van der Waals surface area contributed by atoms with Crippen molar-refractivity contribution in [3.05, 3.63) is 83.4 Å². The van der Waals surface area contributed by atoms with Crippen LogP contribution in [-0.4, -0.2) is 25.5 Å². The van der Waals surface area contributed by atoms with Crippen molar-refractivity contribution in [2.24, 2.45) is 0 Å². The molecule has 0 aliphatic carbocycles. The highest BCUT2D eigenvalue weighted by Gasteiger charge is 2.08. The smallest absolute Gasteiger partial charge is 0.262 e. The van der Waals surface area contributed by atoms with Gasteiger partial charge in [-0.1, -0.05) is 29.8 Å². The second kappa shape index (κ2) is 9.61. The molecule has 7 heteroatoms. The molecule has 3 rings (SSSR count). The predicted octanol–water partition coefficient (Wildman–Crippen LogP) is 4.62. The molecule has 0 spiro atoms. The van der Waals surface area contributed by atoms with E-state index in [1.807, 2.05) is 6.07 Å². The molecule has 148 valence electrons. The molecule has 0 heterocycles. The molecule has 0 saturated heterocycles. The minimum atomic E-state index is -0.326. The number of benzene rings is 3. The summed E-state index contributed by atoms with van der Waals surface area (Å²) >= 11 is 6.04. The van der Waals surface area contributed by atoms with E-state index in [2.05, 4.69) is 10.6 Å². The predicted molar refractivity (Wildman–Crippen MR) is 113 cm³/mol. The zero-order valence-corrected chi connectivity index (χ0v) is 16.4. The van der Waals surface area contributed by atoms with Gasteiger partial charge in [-0.3, -0.25) is 9.59 Å². The molecule has 0 aliphatic heterocycles. The molecule has 0 saturated carbocycles. The van der Waals surface area contributed by atoms with Crippen molar-refractivity contribution in [2.45, 2.75) is 0 Å². The number of amides is 2. The Morgan fingerprint density at radius 1 is 0.897 bits per heavy atom. The average molecular weight is 411 g/mol. The maximum absolute atomic E-state index is 12.1. The molecule has 0 aliphatic rings. The quantitative estimate of drug-likeness (QED) is 0.596. The Morgan fingerprint density at radius 3 is 2.24 bits per heavy atom. The molecule has 0 bridgehead atoms. The van der Waals surface area contributed by atoms with E-state index >= 15 is 0 Å². The molecule has 0 unspecified atom stereocenters. The fourth-order valence-corrected chi connectivity index (χ4v) is 2.78. The van der Waals surface area contributed by atoms with Crippen molar-refractivity contribution in [1.82, 2.24) is 0 Å². The van der Waals surface area contributed by atoms with Crippen molar-refractivity contribution in [1.29, 1.82) is 0 Å². The monoisotopic (exact) mass is 410 g/mol. The van der Waals surface area contributed by atoms with Gasteiger partial charge in [0.05, 0.1) is 12.1 Å². The summed E-state index contributed by atoms with van der Waals surface area (Å²) in [6.45, 7) is -0.167. The Hall–Kier alpha value is -3.51. The summed E-state index contributed by atoms with van der Waals surface area (Å²) in [4.78, 5) is 24.2. The van der Waals surface area contributed by atoms with Gasteiger partial charge in [0.2, 0.25) is 0 Å². The number of anilines is 2. The number of halogens is 1. The van der Waals surface area contributed by atoms with Crippen LogP contribution in [0.2, 0.25) is 5.02 Å². The van der Waals surface area contributed by atoms with E-state index in [1.54, 1.807) is 66.7 Å². The van der Waals surface area contributed by atoms with Crippen LogP contribution in [0.5, 0.6) is 11.5 Å². The second-order valence-electron chi connectivity index (χ2n) is 6.03. The lowest BCUT2D eigenvalue weighted by Crippen LogP contribution is -2.20. The van der Waals surface area contributed by atoms with E-state index in [-0.39, 0.29) is 18.4 Å². The number of ether oxygens (including phenoxy) is 2. The van der Waals surface area contributed by atoms with Gasteiger partial charge in [0.25, 0.3) is 11.8 Å². The largest absolute Gasteiger partial charge is 0.495 e. The second-order valence-corrected chi connectivity index (χ2v) is 6.44. The van der Waals surface area contributed by atoms with Crippen molar-refractivity contribution >= 4 is 34.8 Å². The number of hydrogen-bond donors (Lipinski definition) is 2. The van der Waals surface area contributed by atoms with Gasteiger partial charge < -0.3 is 20.1 Å². The highest BCUT2D eigenvalue weighted by atomic mass is 35.5. The van der Waals surface area contributed by atoms with Crippen molar-refractivity contribution < 1.29 is 19.1 Å². The molecular formula is C22H19ClN2O4. The number of rotatable bonds is 7. The van der Waals surface area contributed by atoms with Gasteiger partial charge in [0, 0.05) is 16.9 Å². The lowest BCUT2D eigenvalue weighted by molar-refractivity contribution is -0.118. The molecule has 0 aromatic heterocycles. The summed E-state index contributed by atoms with van der Waals surface area (Å²) < 4.78 is 10.6. The Labute approximate surface area is 173 Å². The van der Waals surface area contributed by atoms with Gasteiger partial charge >= 0.3 is 0 Å². The minimum absolute atomic E-state index is 0.167. The standard InChI is InChI=1S/C22H19ClN2O4/c1-28-20-12-9-17(13-19(20)23)24-21(26)14-29-18-10-7-16(8-11-18)25-22(27)15-5-3-2-4-6-15/h2-13H,14H2,1H3,(H,24,26)(H,25,27). The summed E-state index contributed by atoms with van der Waals surface area (Å²) in [7, 11) is 1.52. The normalized spacial score (nSPS) is 10.1. The zero-order valence-electron chi connectivity index (χ0n) is 15.6.